The van der Waals surface area contributed by atoms with Crippen LogP contribution in [-0.2, 0) is 0 Å². The van der Waals surface area contributed by atoms with E-state index in [-0.39, 0.29) is 0 Å². The highest BCUT2D eigenvalue weighted by atomic mass is 16.4. The van der Waals surface area contributed by atoms with Gasteiger partial charge in [-0.15, -0.1) is 12.3 Å². The maximum absolute atomic E-state index is 10.9. The maximum Gasteiger partial charge on any atom is 0.335 e. The van der Waals surface area contributed by atoms with Gasteiger partial charge >= 0.3 is 5.97 Å². The Bertz CT molecular complexity index is 486. The van der Waals surface area contributed by atoms with Gasteiger partial charge in [0, 0.05) is 12.5 Å². The Labute approximate surface area is 114 Å². The van der Waals surface area contributed by atoms with E-state index in [2.05, 4.69) is 17.9 Å². The van der Waals surface area contributed by atoms with E-state index in [0.717, 1.165) is 25.8 Å². The number of terminal acetylenes is 1. The van der Waals surface area contributed by atoms with Crippen LogP contribution < -0.4 is 0 Å². The van der Waals surface area contributed by atoms with Crippen molar-refractivity contribution in [2.24, 2.45) is 5.92 Å². The van der Waals surface area contributed by atoms with Gasteiger partial charge in [-0.05, 0) is 50.0 Å². The summed E-state index contributed by atoms with van der Waals surface area (Å²) in [4.78, 5) is 13.2. The van der Waals surface area contributed by atoms with E-state index in [4.69, 9.17) is 11.5 Å². The van der Waals surface area contributed by atoms with Crippen LogP contribution in [0.4, 0.5) is 0 Å². The Kier molecular flexibility index (Phi) is 4.24. The molecule has 1 aromatic carbocycles. The summed E-state index contributed by atoms with van der Waals surface area (Å²) in [6.07, 6.45) is 8.43. The van der Waals surface area contributed by atoms with Gasteiger partial charge < -0.3 is 5.11 Å². The zero-order valence-electron chi connectivity index (χ0n) is 11.2. The van der Waals surface area contributed by atoms with Crippen LogP contribution in [0.15, 0.2) is 24.3 Å². The van der Waals surface area contributed by atoms with Crippen LogP contribution in [-0.4, -0.2) is 29.6 Å². The molecule has 1 aromatic rings. The molecule has 0 saturated carbocycles. The molecule has 2 rings (SSSR count). The lowest BCUT2D eigenvalue weighted by Gasteiger charge is -2.37. The molecule has 1 N–H and O–H groups in total. The fourth-order valence-corrected chi connectivity index (χ4v) is 2.75. The molecule has 2 atom stereocenters. The zero-order chi connectivity index (χ0) is 13.8. The van der Waals surface area contributed by atoms with Crippen molar-refractivity contribution in [3.63, 3.8) is 0 Å². The van der Waals surface area contributed by atoms with Crippen LogP contribution in [0.3, 0.4) is 0 Å². The molecule has 1 heterocycles. The first-order chi connectivity index (χ1) is 9.11. The van der Waals surface area contributed by atoms with E-state index in [1.807, 2.05) is 12.1 Å². The summed E-state index contributed by atoms with van der Waals surface area (Å²) in [5.41, 5.74) is 1.51. The number of likely N-dealkylation sites (tertiary alicyclic amines) is 1. The van der Waals surface area contributed by atoms with Crippen LogP contribution in [0.25, 0.3) is 0 Å². The second-order valence-electron chi connectivity index (χ2n) is 5.22. The first-order valence-electron chi connectivity index (χ1n) is 6.58. The first kappa shape index (κ1) is 13.6. The minimum atomic E-state index is -0.881. The van der Waals surface area contributed by atoms with Gasteiger partial charge in [0.25, 0.3) is 0 Å². The van der Waals surface area contributed by atoms with Crippen molar-refractivity contribution in [2.75, 3.05) is 13.6 Å². The second kappa shape index (κ2) is 5.90. The predicted octanol–water partition coefficient (Wildman–Crippen LogP) is 2.79. The number of piperidine rings is 1. The van der Waals surface area contributed by atoms with Crippen molar-refractivity contribution in [2.45, 2.75) is 25.3 Å². The third kappa shape index (κ3) is 3.15. The summed E-state index contributed by atoms with van der Waals surface area (Å²) < 4.78 is 0. The fourth-order valence-electron chi connectivity index (χ4n) is 2.75. The topological polar surface area (TPSA) is 40.5 Å². The molecule has 1 unspecified atom stereocenters. The molecule has 19 heavy (non-hydrogen) atoms. The smallest absolute Gasteiger partial charge is 0.335 e. The number of rotatable bonds is 3. The molecule has 1 aliphatic heterocycles. The molecule has 0 radical (unpaired) electrons. The van der Waals surface area contributed by atoms with Gasteiger partial charge in [-0.3, -0.25) is 4.90 Å². The van der Waals surface area contributed by atoms with Gasteiger partial charge in [-0.2, -0.15) is 0 Å². The van der Waals surface area contributed by atoms with E-state index in [0.29, 0.717) is 17.5 Å². The lowest BCUT2D eigenvalue weighted by atomic mass is 9.85. The van der Waals surface area contributed by atoms with Crippen molar-refractivity contribution in [3.8, 4) is 12.3 Å². The molecule has 0 aliphatic carbocycles. The quantitative estimate of drug-likeness (QED) is 0.846. The number of aromatic carboxylic acids is 1. The molecular weight excluding hydrogens is 238 g/mol. The molecule has 1 fully saturated rings. The van der Waals surface area contributed by atoms with Crippen LogP contribution in [0.1, 0.15) is 41.2 Å². The van der Waals surface area contributed by atoms with Gasteiger partial charge in [0.05, 0.1) is 5.56 Å². The molecule has 1 saturated heterocycles. The third-order valence-electron chi connectivity index (χ3n) is 3.93. The van der Waals surface area contributed by atoms with Gasteiger partial charge in [0.2, 0.25) is 0 Å². The SMILES string of the molecule is C#CCC1CCN(C)[C@H](c2ccc(C(=O)O)cc2)C1. The Hall–Kier alpha value is -1.79. The van der Waals surface area contributed by atoms with Gasteiger partial charge in [-0.1, -0.05) is 12.1 Å². The van der Waals surface area contributed by atoms with Crippen molar-refractivity contribution in [3.05, 3.63) is 35.4 Å². The van der Waals surface area contributed by atoms with E-state index in [9.17, 15) is 4.79 Å². The van der Waals surface area contributed by atoms with Crippen LogP contribution in [0.2, 0.25) is 0 Å². The Morgan fingerprint density at radius 1 is 1.47 bits per heavy atom. The normalized spacial score (nSPS) is 23.8. The van der Waals surface area contributed by atoms with E-state index >= 15 is 0 Å². The van der Waals surface area contributed by atoms with Crippen molar-refractivity contribution in [1.82, 2.24) is 4.90 Å². The Balaban J connectivity index is 2.14. The van der Waals surface area contributed by atoms with Gasteiger partial charge in [0.1, 0.15) is 0 Å². The summed E-state index contributed by atoms with van der Waals surface area (Å²) >= 11 is 0. The Morgan fingerprint density at radius 2 is 2.16 bits per heavy atom. The standard InChI is InChI=1S/C16H19NO2/c1-3-4-12-9-10-17(2)15(11-12)13-5-7-14(8-6-13)16(18)19/h1,5-8,12,15H,4,9-11H2,2H3,(H,18,19)/t12?,15-/m0/s1. The maximum atomic E-state index is 10.9. The number of carboxylic acid groups (broad SMARTS) is 1. The summed E-state index contributed by atoms with van der Waals surface area (Å²) in [5.74, 6) is 2.45. The van der Waals surface area contributed by atoms with Crippen LogP contribution >= 0.6 is 0 Å². The van der Waals surface area contributed by atoms with Crippen molar-refractivity contribution < 1.29 is 9.90 Å². The van der Waals surface area contributed by atoms with E-state index < -0.39 is 5.97 Å². The van der Waals surface area contributed by atoms with E-state index in [1.54, 1.807) is 12.1 Å². The van der Waals surface area contributed by atoms with Gasteiger partial charge in [-0.25, -0.2) is 4.79 Å². The monoisotopic (exact) mass is 257 g/mol. The van der Waals surface area contributed by atoms with E-state index in [1.165, 1.54) is 5.56 Å². The summed E-state index contributed by atoms with van der Waals surface area (Å²) in [5, 5.41) is 8.92. The average Bonchev–Trinajstić information content (AvgIpc) is 2.41. The van der Waals surface area contributed by atoms with Gasteiger partial charge in [0.15, 0.2) is 0 Å². The number of carbonyl (C=O) groups is 1. The van der Waals surface area contributed by atoms with Crippen molar-refractivity contribution >= 4 is 5.97 Å². The molecule has 100 valence electrons. The fraction of sp³-hybridized carbons (Fsp3) is 0.438. The molecule has 1 aliphatic rings. The third-order valence-corrected chi connectivity index (χ3v) is 3.93. The summed E-state index contributed by atoms with van der Waals surface area (Å²) in [6.45, 7) is 1.04. The minimum Gasteiger partial charge on any atom is -0.478 e. The summed E-state index contributed by atoms with van der Waals surface area (Å²) in [7, 11) is 2.11. The molecule has 0 spiro atoms. The number of hydrogen-bond acceptors (Lipinski definition) is 2. The molecule has 3 heteroatoms. The highest BCUT2D eigenvalue weighted by Gasteiger charge is 2.26. The number of hydrogen-bond donors (Lipinski definition) is 1. The molecule has 3 nitrogen and oxygen atoms in total. The van der Waals surface area contributed by atoms with Crippen LogP contribution in [0.5, 0.6) is 0 Å². The number of nitrogens with zero attached hydrogens (tertiary/aromatic N) is 1. The molecule has 0 bridgehead atoms. The second-order valence-corrected chi connectivity index (χ2v) is 5.22. The molecular formula is C16H19NO2. The minimum absolute atomic E-state index is 0.336. The highest BCUT2D eigenvalue weighted by molar-refractivity contribution is 5.87. The number of carboxylic acids is 1. The lowest BCUT2D eigenvalue weighted by molar-refractivity contribution is 0.0696. The Morgan fingerprint density at radius 3 is 2.74 bits per heavy atom. The zero-order valence-corrected chi connectivity index (χ0v) is 11.2. The van der Waals surface area contributed by atoms with Crippen molar-refractivity contribution in [1.29, 1.82) is 0 Å². The summed E-state index contributed by atoms with van der Waals surface area (Å²) in [6, 6.07) is 7.54. The first-order valence-corrected chi connectivity index (χ1v) is 6.58. The average molecular weight is 257 g/mol. The number of benzene rings is 1. The lowest BCUT2D eigenvalue weighted by Crippen LogP contribution is -2.33. The largest absolute Gasteiger partial charge is 0.478 e. The highest BCUT2D eigenvalue weighted by Crippen LogP contribution is 2.34. The van der Waals surface area contributed by atoms with Crippen LogP contribution in [0, 0.1) is 18.3 Å². The molecule has 0 aromatic heterocycles. The predicted molar refractivity (Wildman–Crippen MR) is 74.9 cm³/mol. The molecule has 0 amide bonds.